The van der Waals surface area contributed by atoms with Gasteiger partial charge in [0.1, 0.15) is 16.5 Å². The monoisotopic (exact) mass is 454 g/mol. The Bertz CT molecular complexity index is 970. The molecule has 5 nitrogen and oxygen atoms in total. The fourth-order valence-corrected chi connectivity index (χ4v) is 3.88. The predicted octanol–water partition coefficient (Wildman–Crippen LogP) is 5.26. The first-order valence-corrected chi connectivity index (χ1v) is 12.0. The Balaban J connectivity index is 1.57. The van der Waals surface area contributed by atoms with Gasteiger partial charge in [-0.05, 0) is 43.1 Å². The van der Waals surface area contributed by atoms with Crippen molar-refractivity contribution in [1.29, 1.82) is 0 Å². The SMILES string of the molecule is CSc1nc(Cl)c(C(=O)NCCCc2ccccc2)c(NCCCc2ccccc2)n1. The van der Waals surface area contributed by atoms with Gasteiger partial charge in [0.15, 0.2) is 5.16 Å². The summed E-state index contributed by atoms with van der Waals surface area (Å²) in [5.41, 5.74) is 2.84. The molecule has 0 aliphatic rings. The minimum Gasteiger partial charge on any atom is -0.369 e. The van der Waals surface area contributed by atoms with E-state index in [1.165, 1.54) is 22.9 Å². The van der Waals surface area contributed by atoms with Crippen molar-refractivity contribution in [2.24, 2.45) is 0 Å². The number of nitrogens with one attached hydrogen (secondary N) is 2. The first-order chi connectivity index (χ1) is 15.2. The summed E-state index contributed by atoms with van der Waals surface area (Å²) in [6.45, 7) is 1.24. The van der Waals surface area contributed by atoms with E-state index in [-0.39, 0.29) is 11.1 Å². The fraction of sp³-hybridized carbons (Fsp3) is 0.292. The largest absolute Gasteiger partial charge is 0.369 e. The average molecular weight is 455 g/mol. The molecule has 0 atom stereocenters. The highest BCUT2D eigenvalue weighted by molar-refractivity contribution is 7.98. The van der Waals surface area contributed by atoms with Gasteiger partial charge in [-0.1, -0.05) is 84.0 Å². The molecule has 0 aliphatic carbocycles. The molecule has 1 heterocycles. The minimum absolute atomic E-state index is 0.172. The number of halogens is 1. The lowest BCUT2D eigenvalue weighted by atomic mass is 10.1. The Morgan fingerprint density at radius 1 is 0.903 bits per heavy atom. The van der Waals surface area contributed by atoms with Crippen LogP contribution in [0.25, 0.3) is 0 Å². The third-order valence-electron chi connectivity index (χ3n) is 4.80. The van der Waals surface area contributed by atoms with Gasteiger partial charge < -0.3 is 10.6 Å². The Morgan fingerprint density at radius 3 is 2.06 bits per heavy atom. The number of hydrogen-bond acceptors (Lipinski definition) is 5. The Hall–Kier alpha value is -2.57. The van der Waals surface area contributed by atoms with Crippen molar-refractivity contribution in [3.63, 3.8) is 0 Å². The maximum absolute atomic E-state index is 12.8. The van der Waals surface area contributed by atoms with Crippen LogP contribution in [0.1, 0.15) is 34.3 Å². The van der Waals surface area contributed by atoms with Crippen LogP contribution >= 0.6 is 23.4 Å². The first-order valence-electron chi connectivity index (χ1n) is 10.4. The Labute approximate surface area is 193 Å². The summed E-state index contributed by atoms with van der Waals surface area (Å²) in [6, 6.07) is 20.5. The van der Waals surface area contributed by atoms with E-state index in [0.29, 0.717) is 29.6 Å². The van der Waals surface area contributed by atoms with E-state index in [1.54, 1.807) is 0 Å². The van der Waals surface area contributed by atoms with Crippen molar-refractivity contribution in [2.75, 3.05) is 24.7 Å². The molecule has 7 heteroatoms. The zero-order chi connectivity index (χ0) is 21.9. The summed E-state index contributed by atoms with van der Waals surface area (Å²) in [6.07, 6.45) is 5.49. The molecule has 3 rings (SSSR count). The van der Waals surface area contributed by atoms with Crippen LogP contribution in [0, 0.1) is 0 Å². The summed E-state index contributed by atoms with van der Waals surface area (Å²) in [7, 11) is 0. The minimum atomic E-state index is -0.253. The van der Waals surface area contributed by atoms with Crippen LogP contribution in [-0.2, 0) is 12.8 Å². The standard InChI is InChI=1S/C24H27ClN4OS/c1-31-24-28-21(25)20(23(30)27-17-9-15-19-12-6-3-7-13-19)22(29-24)26-16-8-14-18-10-4-2-5-11-18/h2-7,10-13H,8-9,14-17H2,1H3,(H,27,30)(H,26,28,29). The van der Waals surface area contributed by atoms with Gasteiger partial charge in [-0.2, -0.15) is 0 Å². The number of thioether (sulfide) groups is 1. The van der Waals surface area contributed by atoms with E-state index in [0.717, 1.165) is 25.7 Å². The highest BCUT2D eigenvalue weighted by atomic mass is 35.5. The molecule has 0 bridgehead atoms. The average Bonchev–Trinajstić information content (AvgIpc) is 2.80. The van der Waals surface area contributed by atoms with Gasteiger partial charge in [0, 0.05) is 13.1 Å². The molecule has 0 unspecified atom stereocenters. The number of rotatable bonds is 11. The zero-order valence-electron chi connectivity index (χ0n) is 17.6. The van der Waals surface area contributed by atoms with Gasteiger partial charge in [-0.25, -0.2) is 9.97 Å². The van der Waals surface area contributed by atoms with Crippen molar-refractivity contribution >= 4 is 35.1 Å². The molecule has 0 fully saturated rings. The number of carbonyl (C=O) groups is 1. The van der Waals surface area contributed by atoms with Crippen molar-refractivity contribution in [3.05, 3.63) is 82.5 Å². The van der Waals surface area contributed by atoms with Gasteiger partial charge in [-0.3, -0.25) is 4.79 Å². The van der Waals surface area contributed by atoms with Crippen LogP contribution < -0.4 is 10.6 Å². The molecule has 0 spiro atoms. The summed E-state index contributed by atoms with van der Waals surface area (Å²) in [5.74, 6) is 0.231. The highest BCUT2D eigenvalue weighted by Gasteiger charge is 2.19. The molecule has 31 heavy (non-hydrogen) atoms. The molecular weight excluding hydrogens is 428 g/mol. The van der Waals surface area contributed by atoms with Gasteiger partial charge >= 0.3 is 0 Å². The second-order valence-corrected chi connectivity index (χ2v) is 8.22. The molecule has 1 aromatic heterocycles. The van der Waals surface area contributed by atoms with Crippen LogP contribution in [0.3, 0.4) is 0 Å². The lowest BCUT2D eigenvalue weighted by Crippen LogP contribution is -2.27. The lowest BCUT2D eigenvalue weighted by Gasteiger charge is -2.13. The number of carbonyl (C=O) groups excluding carboxylic acids is 1. The number of aromatic nitrogens is 2. The van der Waals surface area contributed by atoms with Gasteiger partial charge in [0.05, 0.1) is 0 Å². The quantitative estimate of drug-likeness (QED) is 0.179. The molecule has 2 N–H and O–H groups in total. The fourth-order valence-electron chi connectivity index (χ4n) is 3.21. The topological polar surface area (TPSA) is 66.9 Å². The van der Waals surface area contributed by atoms with Crippen LogP contribution in [0.2, 0.25) is 5.15 Å². The van der Waals surface area contributed by atoms with E-state index in [4.69, 9.17) is 11.6 Å². The van der Waals surface area contributed by atoms with Crippen LogP contribution in [0.15, 0.2) is 65.8 Å². The molecule has 3 aromatic rings. The lowest BCUT2D eigenvalue weighted by molar-refractivity contribution is 0.0953. The Kier molecular flexibility index (Phi) is 9.18. The second kappa shape index (κ2) is 12.3. The number of hydrogen-bond donors (Lipinski definition) is 2. The molecule has 0 saturated carbocycles. The molecule has 1 amide bonds. The van der Waals surface area contributed by atoms with Crippen LogP contribution in [0.4, 0.5) is 5.82 Å². The zero-order valence-corrected chi connectivity index (χ0v) is 19.2. The Morgan fingerprint density at radius 2 is 1.48 bits per heavy atom. The first kappa shape index (κ1) is 23.1. The van der Waals surface area contributed by atoms with Crippen molar-refractivity contribution in [3.8, 4) is 0 Å². The summed E-state index contributed by atoms with van der Waals surface area (Å²) < 4.78 is 0. The third-order valence-corrected chi connectivity index (χ3v) is 5.62. The van der Waals surface area contributed by atoms with Crippen molar-refractivity contribution < 1.29 is 4.79 Å². The van der Waals surface area contributed by atoms with E-state index < -0.39 is 0 Å². The second-order valence-electron chi connectivity index (χ2n) is 7.09. The van der Waals surface area contributed by atoms with Crippen molar-refractivity contribution in [2.45, 2.75) is 30.8 Å². The van der Waals surface area contributed by atoms with E-state index in [2.05, 4.69) is 44.9 Å². The molecular formula is C24H27ClN4OS. The van der Waals surface area contributed by atoms with Crippen molar-refractivity contribution in [1.82, 2.24) is 15.3 Å². The molecule has 0 radical (unpaired) electrons. The molecule has 2 aromatic carbocycles. The predicted molar refractivity (Wildman–Crippen MR) is 129 cm³/mol. The number of benzene rings is 2. The van der Waals surface area contributed by atoms with Gasteiger partial charge in [-0.15, -0.1) is 0 Å². The number of amides is 1. The number of nitrogens with zero attached hydrogens (tertiary/aromatic N) is 2. The summed E-state index contributed by atoms with van der Waals surface area (Å²) in [4.78, 5) is 21.6. The smallest absolute Gasteiger partial charge is 0.258 e. The third kappa shape index (κ3) is 7.26. The van der Waals surface area contributed by atoms with Crippen LogP contribution in [-0.4, -0.2) is 35.2 Å². The summed E-state index contributed by atoms with van der Waals surface area (Å²) in [5, 5.41) is 6.95. The van der Waals surface area contributed by atoms with E-state index in [1.807, 2.05) is 42.7 Å². The highest BCUT2D eigenvalue weighted by Crippen LogP contribution is 2.24. The molecule has 162 valence electrons. The van der Waals surface area contributed by atoms with Gasteiger partial charge in [0.25, 0.3) is 5.91 Å². The maximum atomic E-state index is 12.8. The van der Waals surface area contributed by atoms with E-state index in [9.17, 15) is 4.79 Å². The van der Waals surface area contributed by atoms with E-state index >= 15 is 0 Å². The number of aryl methyl sites for hydroxylation is 2. The summed E-state index contributed by atoms with van der Waals surface area (Å²) >= 11 is 7.75. The normalized spacial score (nSPS) is 10.6. The molecule has 0 aliphatic heterocycles. The van der Waals surface area contributed by atoms with Gasteiger partial charge in [0.2, 0.25) is 0 Å². The molecule has 0 saturated heterocycles. The van der Waals surface area contributed by atoms with Crippen LogP contribution in [0.5, 0.6) is 0 Å². The maximum Gasteiger partial charge on any atom is 0.258 e. The number of anilines is 1.